The smallest absolute Gasteiger partial charge is 0.152 e. The van der Waals surface area contributed by atoms with Gasteiger partial charge in [0.05, 0.1) is 5.56 Å². The summed E-state index contributed by atoms with van der Waals surface area (Å²) in [5.74, 6) is -1.13. The van der Waals surface area contributed by atoms with Gasteiger partial charge >= 0.3 is 0 Å². The van der Waals surface area contributed by atoms with Crippen molar-refractivity contribution < 1.29 is 8.78 Å². The van der Waals surface area contributed by atoms with Crippen LogP contribution < -0.4 is 11.1 Å². The van der Waals surface area contributed by atoms with E-state index in [4.69, 9.17) is 18.0 Å². The molecule has 3 nitrogen and oxygen atoms in total. The van der Waals surface area contributed by atoms with Gasteiger partial charge in [0.2, 0.25) is 0 Å². The topological polar surface area (TPSA) is 50.9 Å². The fraction of sp³-hybridized carbons (Fsp3) is 0.143. The van der Waals surface area contributed by atoms with Crippen LogP contribution in [0, 0.1) is 25.5 Å². The first-order valence-electron chi connectivity index (χ1n) is 5.89. The van der Waals surface area contributed by atoms with Gasteiger partial charge in [-0.1, -0.05) is 18.3 Å². The summed E-state index contributed by atoms with van der Waals surface area (Å²) in [5, 5.41) is 2.64. The number of pyridine rings is 1. The van der Waals surface area contributed by atoms with Crippen LogP contribution in [0.5, 0.6) is 0 Å². The minimum atomic E-state index is -0.703. The van der Waals surface area contributed by atoms with Gasteiger partial charge in [0.15, 0.2) is 5.82 Å². The Labute approximate surface area is 120 Å². The van der Waals surface area contributed by atoms with Crippen LogP contribution in [0.25, 0.3) is 0 Å². The molecular weight excluding hydrogens is 280 g/mol. The zero-order valence-electron chi connectivity index (χ0n) is 11.0. The summed E-state index contributed by atoms with van der Waals surface area (Å²) in [4.78, 5) is 4.29. The van der Waals surface area contributed by atoms with Crippen molar-refractivity contribution in [2.45, 2.75) is 13.8 Å². The van der Waals surface area contributed by atoms with Gasteiger partial charge < -0.3 is 11.1 Å². The number of hydrogen-bond acceptors (Lipinski definition) is 3. The van der Waals surface area contributed by atoms with Crippen molar-refractivity contribution in [1.29, 1.82) is 0 Å². The minimum absolute atomic E-state index is 0.105. The molecular formula is C14H13F2N3S. The summed E-state index contributed by atoms with van der Waals surface area (Å²) in [7, 11) is 0. The summed E-state index contributed by atoms with van der Waals surface area (Å²) in [6, 6.07) is 5.95. The van der Waals surface area contributed by atoms with Crippen molar-refractivity contribution >= 4 is 28.7 Å². The van der Waals surface area contributed by atoms with Crippen molar-refractivity contribution in [2.24, 2.45) is 5.73 Å². The van der Waals surface area contributed by atoms with Gasteiger partial charge in [-0.3, -0.25) is 0 Å². The van der Waals surface area contributed by atoms with Crippen molar-refractivity contribution in [3.63, 3.8) is 0 Å². The zero-order chi connectivity index (χ0) is 14.9. The molecule has 3 N–H and O–H groups in total. The van der Waals surface area contributed by atoms with E-state index in [1.54, 1.807) is 26.0 Å². The first-order valence-corrected chi connectivity index (χ1v) is 6.30. The van der Waals surface area contributed by atoms with Crippen LogP contribution in [0.1, 0.15) is 16.8 Å². The van der Waals surface area contributed by atoms with E-state index in [0.717, 1.165) is 0 Å². The fourth-order valence-corrected chi connectivity index (χ4v) is 1.91. The predicted octanol–water partition coefficient (Wildman–Crippen LogP) is 3.35. The molecule has 1 heterocycles. The molecule has 0 aliphatic carbocycles. The second-order valence-electron chi connectivity index (χ2n) is 4.39. The summed E-state index contributed by atoms with van der Waals surface area (Å²) in [6.45, 7) is 3.32. The van der Waals surface area contributed by atoms with Crippen LogP contribution in [0.4, 0.5) is 20.3 Å². The van der Waals surface area contributed by atoms with Crippen LogP contribution in [-0.4, -0.2) is 9.97 Å². The highest BCUT2D eigenvalue weighted by Crippen LogP contribution is 2.26. The molecule has 104 valence electrons. The van der Waals surface area contributed by atoms with Crippen LogP contribution >= 0.6 is 12.2 Å². The molecule has 0 fully saturated rings. The van der Waals surface area contributed by atoms with E-state index >= 15 is 0 Å². The zero-order valence-corrected chi connectivity index (χ0v) is 11.8. The second kappa shape index (κ2) is 5.50. The molecule has 2 rings (SSSR count). The number of anilines is 2. The molecule has 0 spiro atoms. The first-order chi connectivity index (χ1) is 9.40. The summed E-state index contributed by atoms with van der Waals surface area (Å²) >= 11 is 4.91. The lowest BCUT2D eigenvalue weighted by atomic mass is 10.1. The number of aromatic nitrogens is 1. The lowest BCUT2D eigenvalue weighted by molar-refractivity contribution is 0.584. The number of thiocarbonyl (C=S) groups is 1. The monoisotopic (exact) mass is 293 g/mol. The van der Waals surface area contributed by atoms with Crippen LogP contribution in [0.2, 0.25) is 0 Å². The van der Waals surface area contributed by atoms with Gasteiger partial charge in [-0.05, 0) is 37.6 Å². The number of rotatable bonds is 3. The quantitative estimate of drug-likeness (QED) is 0.852. The third-order valence-electron chi connectivity index (χ3n) is 2.83. The standard InChI is InChI=1S/C14H13F2N3S/c1-7-3-6-10(15)12(11(7)16)19-14-9(13(17)20)5-4-8(2)18-14/h3-6H,1-2H3,(H2,17,20)(H,18,19). The molecule has 20 heavy (non-hydrogen) atoms. The van der Waals surface area contributed by atoms with Crippen LogP contribution in [-0.2, 0) is 0 Å². The van der Waals surface area contributed by atoms with Crippen LogP contribution in [0.3, 0.4) is 0 Å². The van der Waals surface area contributed by atoms with Crippen molar-refractivity contribution in [3.8, 4) is 0 Å². The van der Waals surface area contributed by atoms with E-state index in [9.17, 15) is 8.78 Å². The van der Waals surface area contributed by atoms with E-state index in [2.05, 4.69) is 10.3 Å². The lowest BCUT2D eigenvalue weighted by Crippen LogP contribution is -2.14. The summed E-state index contributed by atoms with van der Waals surface area (Å²) in [6.07, 6.45) is 0. The number of nitrogens with zero attached hydrogens (tertiary/aromatic N) is 1. The molecule has 0 unspecified atom stereocenters. The number of nitrogens with two attached hydrogens (primary N) is 1. The maximum absolute atomic E-state index is 14.0. The number of hydrogen-bond donors (Lipinski definition) is 2. The molecule has 0 aliphatic heterocycles. The molecule has 2 aromatic rings. The highest BCUT2D eigenvalue weighted by atomic mass is 32.1. The highest BCUT2D eigenvalue weighted by Gasteiger charge is 2.15. The first kappa shape index (κ1) is 14.3. The normalized spacial score (nSPS) is 10.4. The molecule has 0 bridgehead atoms. The highest BCUT2D eigenvalue weighted by molar-refractivity contribution is 7.80. The molecule has 0 radical (unpaired) electrons. The van der Waals surface area contributed by atoms with Crippen molar-refractivity contribution in [2.75, 3.05) is 5.32 Å². The second-order valence-corrected chi connectivity index (χ2v) is 4.83. The SMILES string of the molecule is Cc1ccc(C(N)=S)c(Nc2c(F)ccc(C)c2F)n1. The number of nitrogens with one attached hydrogen (secondary N) is 1. The molecule has 0 saturated heterocycles. The molecule has 0 atom stereocenters. The van der Waals surface area contributed by atoms with Crippen molar-refractivity contribution in [1.82, 2.24) is 4.98 Å². The third-order valence-corrected chi connectivity index (χ3v) is 3.05. The van der Waals surface area contributed by atoms with E-state index in [0.29, 0.717) is 16.8 Å². The molecule has 0 aliphatic rings. The summed E-state index contributed by atoms with van der Waals surface area (Å²) < 4.78 is 27.7. The predicted molar refractivity (Wildman–Crippen MR) is 79.2 cm³/mol. The van der Waals surface area contributed by atoms with Gasteiger partial charge in [-0.2, -0.15) is 0 Å². The van der Waals surface area contributed by atoms with Gasteiger partial charge in [-0.15, -0.1) is 0 Å². The average Bonchev–Trinajstić information content (AvgIpc) is 2.39. The van der Waals surface area contributed by atoms with Crippen LogP contribution in [0.15, 0.2) is 24.3 Å². The number of halogens is 2. The maximum Gasteiger partial charge on any atom is 0.152 e. The average molecular weight is 293 g/mol. The fourth-order valence-electron chi connectivity index (χ4n) is 1.74. The Morgan fingerprint density at radius 3 is 2.55 bits per heavy atom. The Bertz CT molecular complexity index is 686. The Morgan fingerprint density at radius 2 is 1.90 bits per heavy atom. The van der Waals surface area contributed by atoms with E-state index in [-0.39, 0.29) is 16.5 Å². The maximum atomic E-state index is 14.0. The number of aryl methyl sites for hydroxylation is 2. The molecule has 0 amide bonds. The van der Waals surface area contributed by atoms with Gasteiger partial charge in [0, 0.05) is 5.69 Å². The minimum Gasteiger partial charge on any atom is -0.389 e. The molecule has 0 saturated carbocycles. The number of benzene rings is 1. The lowest BCUT2D eigenvalue weighted by Gasteiger charge is -2.13. The molecule has 6 heteroatoms. The molecule has 1 aromatic heterocycles. The van der Waals surface area contributed by atoms with E-state index in [1.165, 1.54) is 12.1 Å². The van der Waals surface area contributed by atoms with Gasteiger partial charge in [0.1, 0.15) is 22.3 Å². The van der Waals surface area contributed by atoms with Crippen molar-refractivity contribution in [3.05, 3.63) is 52.7 Å². The Kier molecular flexibility index (Phi) is 3.94. The Morgan fingerprint density at radius 1 is 1.20 bits per heavy atom. The Balaban J connectivity index is 2.53. The van der Waals surface area contributed by atoms with E-state index < -0.39 is 11.6 Å². The third kappa shape index (κ3) is 2.75. The van der Waals surface area contributed by atoms with E-state index in [1.807, 2.05) is 0 Å². The molecule has 1 aromatic carbocycles. The van der Waals surface area contributed by atoms with Gasteiger partial charge in [-0.25, -0.2) is 13.8 Å². The van der Waals surface area contributed by atoms with Gasteiger partial charge in [0.25, 0.3) is 0 Å². The Hall–Kier alpha value is -2.08. The largest absolute Gasteiger partial charge is 0.389 e. The summed E-state index contributed by atoms with van der Waals surface area (Å²) in [5.41, 5.74) is 6.77.